The number of hydrogen-bond donors (Lipinski definition) is 2. The Morgan fingerprint density at radius 1 is 1.18 bits per heavy atom. The van der Waals surface area contributed by atoms with Gasteiger partial charge in [-0.25, -0.2) is 4.98 Å². The van der Waals surface area contributed by atoms with Crippen LogP contribution in [0.15, 0.2) is 48.7 Å². The fourth-order valence-corrected chi connectivity index (χ4v) is 2.96. The van der Waals surface area contributed by atoms with Gasteiger partial charge in [0.2, 0.25) is 5.95 Å². The van der Waals surface area contributed by atoms with E-state index in [9.17, 15) is 0 Å². The summed E-state index contributed by atoms with van der Waals surface area (Å²) in [5.74, 6) is 0.931. The van der Waals surface area contributed by atoms with Crippen molar-refractivity contribution in [3.63, 3.8) is 0 Å². The number of para-hydroxylation sites is 2. The van der Waals surface area contributed by atoms with Crippen LogP contribution in [0, 0.1) is 0 Å². The summed E-state index contributed by atoms with van der Waals surface area (Å²) in [4.78, 5) is 9.21. The SMILES string of the molecule is c1ccc(Cn2c(NC3CCNC3)nc3ccccc32)nc1. The zero-order valence-electron chi connectivity index (χ0n) is 12.4. The number of benzene rings is 1. The van der Waals surface area contributed by atoms with Crippen molar-refractivity contribution in [2.45, 2.75) is 19.0 Å². The molecule has 4 rings (SSSR count). The number of rotatable bonds is 4. The highest BCUT2D eigenvalue weighted by atomic mass is 15.2. The third-order valence-corrected chi connectivity index (χ3v) is 4.09. The minimum absolute atomic E-state index is 0.444. The molecular weight excluding hydrogens is 274 g/mol. The summed E-state index contributed by atoms with van der Waals surface area (Å²) in [6.07, 6.45) is 2.97. The lowest BCUT2D eigenvalue weighted by Crippen LogP contribution is -2.24. The van der Waals surface area contributed by atoms with Crippen LogP contribution >= 0.6 is 0 Å². The van der Waals surface area contributed by atoms with Crippen LogP contribution in [0.2, 0.25) is 0 Å². The number of pyridine rings is 1. The van der Waals surface area contributed by atoms with Crippen LogP contribution in [0.25, 0.3) is 11.0 Å². The summed E-state index contributed by atoms with van der Waals surface area (Å²) in [7, 11) is 0. The molecule has 22 heavy (non-hydrogen) atoms. The topological polar surface area (TPSA) is 54.8 Å². The lowest BCUT2D eigenvalue weighted by molar-refractivity contribution is 0.742. The minimum Gasteiger partial charge on any atom is -0.352 e. The molecule has 0 aliphatic carbocycles. The van der Waals surface area contributed by atoms with Crippen molar-refractivity contribution >= 4 is 17.0 Å². The zero-order chi connectivity index (χ0) is 14.8. The number of hydrogen-bond acceptors (Lipinski definition) is 4. The second-order valence-electron chi connectivity index (χ2n) is 5.67. The third kappa shape index (κ3) is 2.55. The Bertz CT molecular complexity index is 759. The van der Waals surface area contributed by atoms with Crippen molar-refractivity contribution < 1.29 is 0 Å². The maximum Gasteiger partial charge on any atom is 0.204 e. The molecule has 0 bridgehead atoms. The average molecular weight is 293 g/mol. The highest BCUT2D eigenvalue weighted by Crippen LogP contribution is 2.22. The molecule has 1 saturated heterocycles. The number of imidazole rings is 1. The van der Waals surface area contributed by atoms with Crippen LogP contribution in [0.3, 0.4) is 0 Å². The highest BCUT2D eigenvalue weighted by Gasteiger charge is 2.18. The molecule has 1 aromatic carbocycles. The maximum atomic E-state index is 4.77. The van der Waals surface area contributed by atoms with Gasteiger partial charge in [-0.15, -0.1) is 0 Å². The number of fused-ring (bicyclic) bond motifs is 1. The van der Waals surface area contributed by atoms with Crippen LogP contribution in [-0.2, 0) is 6.54 Å². The van der Waals surface area contributed by atoms with E-state index in [0.717, 1.165) is 48.7 Å². The maximum absolute atomic E-state index is 4.77. The fraction of sp³-hybridized carbons (Fsp3) is 0.294. The van der Waals surface area contributed by atoms with Crippen LogP contribution < -0.4 is 10.6 Å². The summed E-state index contributed by atoms with van der Waals surface area (Å²) in [6, 6.07) is 14.7. The van der Waals surface area contributed by atoms with E-state index in [2.05, 4.69) is 44.5 Å². The second kappa shape index (κ2) is 5.77. The van der Waals surface area contributed by atoms with Gasteiger partial charge in [0.1, 0.15) is 0 Å². The van der Waals surface area contributed by atoms with Gasteiger partial charge in [-0.2, -0.15) is 0 Å². The molecule has 112 valence electrons. The molecule has 0 saturated carbocycles. The summed E-state index contributed by atoms with van der Waals surface area (Å²) in [6.45, 7) is 2.79. The van der Waals surface area contributed by atoms with Gasteiger partial charge in [-0.05, 0) is 37.2 Å². The lowest BCUT2D eigenvalue weighted by Gasteiger charge is -2.14. The first-order valence-corrected chi connectivity index (χ1v) is 7.72. The predicted octanol–water partition coefficient (Wildman–Crippen LogP) is 2.25. The molecule has 2 aromatic heterocycles. The monoisotopic (exact) mass is 293 g/mol. The van der Waals surface area contributed by atoms with Crippen molar-refractivity contribution in [1.29, 1.82) is 0 Å². The molecule has 1 aliphatic rings. The van der Waals surface area contributed by atoms with E-state index in [-0.39, 0.29) is 0 Å². The molecule has 2 N–H and O–H groups in total. The summed E-state index contributed by atoms with van der Waals surface area (Å²) in [5, 5.41) is 6.96. The smallest absolute Gasteiger partial charge is 0.204 e. The predicted molar refractivity (Wildman–Crippen MR) is 88.0 cm³/mol. The van der Waals surface area contributed by atoms with Gasteiger partial charge >= 0.3 is 0 Å². The van der Waals surface area contributed by atoms with Gasteiger partial charge in [-0.1, -0.05) is 18.2 Å². The second-order valence-corrected chi connectivity index (χ2v) is 5.67. The highest BCUT2D eigenvalue weighted by molar-refractivity contribution is 5.78. The van der Waals surface area contributed by atoms with Crippen LogP contribution in [0.4, 0.5) is 5.95 Å². The van der Waals surface area contributed by atoms with Crippen molar-refractivity contribution in [2.75, 3.05) is 18.4 Å². The number of nitrogens with one attached hydrogen (secondary N) is 2. The molecule has 3 heterocycles. The fourth-order valence-electron chi connectivity index (χ4n) is 2.96. The van der Waals surface area contributed by atoms with Crippen molar-refractivity contribution in [3.8, 4) is 0 Å². The van der Waals surface area contributed by atoms with Crippen LogP contribution in [-0.4, -0.2) is 33.7 Å². The molecular formula is C17H19N5. The van der Waals surface area contributed by atoms with Gasteiger partial charge in [-0.3, -0.25) is 4.98 Å². The van der Waals surface area contributed by atoms with Crippen LogP contribution in [0.1, 0.15) is 12.1 Å². The first-order valence-electron chi connectivity index (χ1n) is 7.72. The van der Waals surface area contributed by atoms with E-state index in [4.69, 9.17) is 4.98 Å². The van der Waals surface area contributed by atoms with Crippen LogP contribution in [0.5, 0.6) is 0 Å². The van der Waals surface area contributed by atoms with Gasteiger partial charge in [0.25, 0.3) is 0 Å². The quantitative estimate of drug-likeness (QED) is 0.775. The Morgan fingerprint density at radius 3 is 2.91 bits per heavy atom. The normalized spacial score (nSPS) is 17.9. The van der Waals surface area contributed by atoms with Crippen molar-refractivity contribution in [3.05, 3.63) is 54.4 Å². The van der Waals surface area contributed by atoms with E-state index < -0.39 is 0 Å². The number of aromatic nitrogens is 3. The van der Waals surface area contributed by atoms with E-state index in [1.165, 1.54) is 0 Å². The molecule has 3 aromatic rings. The van der Waals surface area contributed by atoms with E-state index in [1.807, 2.05) is 24.4 Å². The minimum atomic E-state index is 0.444. The number of nitrogens with zero attached hydrogens (tertiary/aromatic N) is 3. The first kappa shape index (κ1) is 13.3. The third-order valence-electron chi connectivity index (χ3n) is 4.09. The summed E-state index contributed by atoms with van der Waals surface area (Å²) < 4.78 is 2.22. The molecule has 0 spiro atoms. The lowest BCUT2D eigenvalue weighted by atomic mass is 10.3. The molecule has 5 heteroatoms. The van der Waals surface area contributed by atoms with E-state index in [0.29, 0.717) is 6.04 Å². The Labute approximate surface area is 129 Å². The summed E-state index contributed by atoms with van der Waals surface area (Å²) in [5.41, 5.74) is 3.20. The Morgan fingerprint density at radius 2 is 2.09 bits per heavy atom. The Kier molecular flexibility index (Phi) is 3.48. The molecule has 0 radical (unpaired) electrons. The Hall–Kier alpha value is -2.40. The van der Waals surface area contributed by atoms with Gasteiger partial charge in [0.15, 0.2) is 0 Å². The molecule has 0 amide bonds. The first-order chi connectivity index (χ1) is 10.9. The average Bonchev–Trinajstić information content (AvgIpc) is 3.18. The molecule has 1 unspecified atom stereocenters. The largest absolute Gasteiger partial charge is 0.352 e. The van der Waals surface area contributed by atoms with Gasteiger partial charge in [0, 0.05) is 18.8 Å². The van der Waals surface area contributed by atoms with E-state index in [1.54, 1.807) is 0 Å². The van der Waals surface area contributed by atoms with Gasteiger partial charge < -0.3 is 15.2 Å². The van der Waals surface area contributed by atoms with Crippen molar-refractivity contribution in [2.24, 2.45) is 0 Å². The standard InChI is InChI=1S/C17H19N5/c1-2-7-16-15(6-1)21-17(20-13-8-10-18-11-13)22(16)12-14-5-3-4-9-19-14/h1-7,9,13,18H,8,10-12H2,(H,20,21). The molecule has 1 fully saturated rings. The zero-order valence-corrected chi connectivity index (χ0v) is 12.4. The van der Waals surface area contributed by atoms with Crippen molar-refractivity contribution in [1.82, 2.24) is 19.9 Å². The van der Waals surface area contributed by atoms with E-state index >= 15 is 0 Å². The molecule has 1 atom stereocenters. The van der Waals surface area contributed by atoms with Gasteiger partial charge in [0.05, 0.1) is 23.3 Å². The number of anilines is 1. The Balaban J connectivity index is 1.72. The molecule has 5 nitrogen and oxygen atoms in total. The molecule has 1 aliphatic heterocycles. The summed E-state index contributed by atoms with van der Waals surface area (Å²) >= 11 is 0.